The third-order valence-corrected chi connectivity index (χ3v) is 2.07. The zero-order valence-electron chi connectivity index (χ0n) is 10.7. The molecule has 0 aliphatic heterocycles. The fraction of sp³-hybridized carbons (Fsp3) is 0.182. The number of aromatic nitrogens is 1. The van der Waals surface area contributed by atoms with Crippen molar-refractivity contribution in [1.29, 1.82) is 0 Å². The van der Waals surface area contributed by atoms with E-state index >= 15 is 0 Å². The molecule has 0 atom stereocenters. The maximum Gasteiger partial charge on any atom is 0.394 e. The fourth-order valence-corrected chi connectivity index (χ4v) is 1.28. The van der Waals surface area contributed by atoms with Crippen molar-refractivity contribution in [2.24, 2.45) is 0 Å². The molecule has 0 aliphatic rings. The van der Waals surface area contributed by atoms with Crippen LogP contribution in [0.25, 0.3) is 0 Å². The van der Waals surface area contributed by atoms with Crippen molar-refractivity contribution in [3.8, 4) is 5.75 Å². The van der Waals surface area contributed by atoms with Crippen LogP contribution >= 0.6 is 0 Å². The number of ether oxygens (including phenoxy) is 1. The monoisotopic (exact) mass is 297 g/mol. The van der Waals surface area contributed by atoms with E-state index in [2.05, 4.69) is 4.98 Å². The number of nitrogens with one attached hydrogen (secondary N) is 2. The van der Waals surface area contributed by atoms with E-state index in [1.165, 1.54) is 0 Å². The number of hydrogen-bond donors (Lipinski definition) is 4. The molecule has 4 N–H and O–H groups in total. The molecule has 1 heterocycles. The zero-order valence-corrected chi connectivity index (χ0v) is 10.7. The molecule has 10 nitrogen and oxygen atoms in total. The van der Waals surface area contributed by atoms with Gasteiger partial charge in [-0.2, -0.15) is 0 Å². The van der Waals surface area contributed by atoms with Gasteiger partial charge in [0.05, 0.1) is 19.0 Å². The number of carbonyl (C=O) groups excluding carboxylic acids is 2. The SMILES string of the molecule is CCOc1c(NC(=O)C(=O)O)cncc1NC(=O)C(=O)O. The number of nitrogens with zero attached hydrogens (tertiary/aromatic N) is 1. The number of carboxylic acid groups (broad SMARTS) is 2. The number of carboxylic acids is 2. The normalized spacial score (nSPS) is 9.57. The van der Waals surface area contributed by atoms with Gasteiger partial charge in [-0.25, -0.2) is 9.59 Å². The highest BCUT2D eigenvalue weighted by Crippen LogP contribution is 2.32. The lowest BCUT2D eigenvalue weighted by Crippen LogP contribution is -2.24. The van der Waals surface area contributed by atoms with Crippen LogP contribution in [0.2, 0.25) is 0 Å². The Balaban J connectivity index is 3.14. The number of anilines is 2. The average Bonchev–Trinajstić information content (AvgIpc) is 2.41. The van der Waals surface area contributed by atoms with E-state index in [4.69, 9.17) is 14.9 Å². The molecule has 0 fully saturated rings. The van der Waals surface area contributed by atoms with Crippen LogP contribution in [-0.2, 0) is 19.2 Å². The predicted octanol–water partition coefficient (Wildman–Crippen LogP) is -0.473. The summed E-state index contributed by atoms with van der Waals surface area (Å²) in [7, 11) is 0. The van der Waals surface area contributed by atoms with Crippen LogP contribution in [0.4, 0.5) is 11.4 Å². The molecular weight excluding hydrogens is 286 g/mol. The maximum atomic E-state index is 11.1. The highest BCUT2D eigenvalue weighted by molar-refractivity contribution is 6.37. The second kappa shape index (κ2) is 6.84. The summed E-state index contributed by atoms with van der Waals surface area (Å²) in [5.41, 5.74) is -0.236. The topological polar surface area (TPSA) is 155 Å². The minimum Gasteiger partial charge on any atom is -0.489 e. The summed E-state index contributed by atoms with van der Waals surface area (Å²) in [5.74, 6) is -6.22. The Hall–Kier alpha value is -3.17. The maximum absolute atomic E-state index is 11.1. The van der Waals surface area contributed by atoms with Gasteiger partial charge in [-0.05, 0) is 6.92 Å². The third-order valence-electron chi connectivity index (χ3n) is 2.07. The van der Waals surface area contributed by atoms with Gasteiger partial charge in [-0.3, -0.25) is 14.6 Å². The average molecular weight is 297 g/mol. The lowest BCUT2D eigenvalue weighted by molar-refractivity contribution is -0.147. The summed E-state index contributed by atoms with van der Waals surface area (Å²) in [4.78, 5) is 46.9. The van der Waals surface area contributed by atoms with Gasteiger partial charge in [0.1, 0.15) is 11.4 Å². The summed E-state index contributed by atoms with van der Waals surface area (Å²) in [5, 5.41) is 21.1. The van der Waals surface area contributed by atoms with E-state index in [9.17, 15) is 19.2 Å². The van der Waals surface area contributed by atoms with Gasteiger partial charge >= 0.3 is 23.8 Å². The van der Waals surface area contributed by atoms with Crippen LogP contribution in [0, 0.1) is 0 Å². The van der Waals surface area contributed by atoms with Crippen molar-refractivity contribution >= 4 is 35.1 Å². The fourth-order valence-electron chi connectivity index (χ4n) is 1.28. The van der Waals surface area contributed by atoms with Gasteiger partial charge in [-0.15, -0.1) is 0 Å². The van der Waals surface area contributed by atoms with Crippen molar-refractivity contribution in [3.05, 3.63) is 12.4 Å². The van der Waals surface area contributed by atoms with E-state index in [0.717, 1.165) is 12.4 Å². The molecule has 21 heavy (non-hydrogen) atoms. The van der Waals surface area contributed by atoms with Gasteiger partial charge < -0.3 is 25.6 Å². The Morgan fingerprint density at radius 2 is 1.48 bits per heavy atom. The molecule has 0 unspecified atom stereocenters. The van der Waals surface area contributed by atoms with E-state index in [1.807, 2.05) is 10.6 Å². The number of rotatable bonds is 4. The molecule has 1 rings (SSSR count). The first-order valence-electron chi connectivity index (χ1n) is 5.56. The van der Waals surface area contributed by atoms with Gasteiger partial charge in [0.15, 0.2) is 5.75 Å². The highest BCUT2D eigenvalue weighted by Gasteiger charge is 2.20. The molecule has 10 heteroatoms. The molecule has 1 aromatic heterocycles. The molecule has 0 aliphatic carbocycles. The Kier molecular flexibility index (Phi) is 5.17. The smallest absolute Gasteiger partial charge is 0.394 e. The number of carbonyl (C=O) groups is 4. The van der Waals surface area contributed by atoms with Crippen LogP contribution in [0.15, 0.2) is 12.4 Å². The molecule has 0 spiro atoms. The van der Waals surface area contributed by atoms with Crippen LogP contribution < -0.4 is 15.4 Å². The summed E-state index contributed by atoms with van der Waals surface area (Å²) >= 11 is 0. The van der Waals surface area contributed by atoms with Gasteiger partial charge in [-0.1, -0.05) is 0 Å². The number of aliphatic carboxylic acids is 2. The molecule has 0 saturated carbocycles. The van der Waals surface area contributed by atoms with Crippen LogP contribution in [0.5, 0.6) is 5.75 Å². The van der Waals surface area contributed by atoms with Crippen LogP contribution in [0.1, 0.15) is 6.92 Å². The lowest BCUT2D eigenvalue weighted by atomic mass is 10.3. The summed E-state index contributed by atoms with van der Waals surface area (Å²) in [6, 6.07) is 0. The van der Waals surface area contributed by atoms with Crippen molar-refractivity contribution in [2.45, 2.75) is 6.92 Å². The minimum absolute atomic E-state index is 0.100. The van der Waals surface area contributed by atoms with Gasteiger partial charge in [0, 0.05) is 0 Å². The molecule has 0 radical (unpaired) electrons. The third kappa shape index (κ3) is 4.16. The van der Waals surface area contributed by atoms with E-state index in [0.29, 0.717) is 0 Å². The molecule has 0 bridgehead atoms. The van der Waals surface area contributed by atoms with Crippen LogP contribution in [-0.4, -0.2) is 45.6 Å². The Labute approximate surface area is 117 Å². The molecule has 1 aromatic rings. The Morgan fingerprint density at radius 1 is 1.05 bits per heavy atom. The first-order valence-corrected chi connectivity index (χ1v) is 5.56. The summed E-state index contributed by atoms with van der Waals surface area (Å²) in [6.45, 7) is 1.72. The summed E-state index contributed by atoms with van der Waals surface area (Å²) in [6.07, 6.45) is 2.20. The van der Waals surface area contributed by atoms with Crippen molar-refractivity contribution in [2.75, 3.05) is 17.2 Å². The standard InChI is InChI=1S/C11H11N3O7/c1-2-21-7-5(13-8(15)10(17)18)3-12-4-6(7)14-9(16)11(19)20/h3-4H,2H2,1H3,(H,13,15)(H,14,16)(H,17,18)(H,19,20). The van der Waals surface area contributed by atoms with Gasteiger partial charge in [0.2, 0.25) is 0 Å². The second-order valence-corrected chi connectivity index (χ2v) is 3.52. The number of pyridine rings is 1. The number of hydrogen-bond acceptors (Lipinski definition) is 6. The first kappa shape index (κ1) is 15.9. The number of amides is 2. The van der Waals surface area contributed by atoms with Crippen molar-refractivity contribution in [1.82, 2.24) is 4.98 Å². The Bertz CT molecular complexity index is 553. The highest BCUT2D eigenvalue weighted by atomic mass is 16.5. The minimum atomic E-state index is -1.72. The molecular formula is C11H11N3O7. The second-order valence-electron chi connectivity index (χ2n) is 3.52. The first-order chi connectivity index (χ1) is 9.86. The van der Waals surface area contributed by atoms with E-state index in [1.54, 1.807) is 6.92 Å². The van der Waals surface area contributed by atoms with E-state index in [-0.39, 0.29) is 23.7 Å². The molecule has 0 aromatic carbocycles. The Morgan fingerprint density at radius 3 is 1.81 bits per heavy atom. The predicted molar refractivity (Wildman–Crippen MR) is 67.9 cm³/mol. The van der Waals surface area contributed by atoms with Crippen molar-refractivity contribution < 1.29 is 34.1 Å². The lowest BCUT2D eigenvalue weighted by Gasteiger charge is -2.14. The van der Waals surface area contributed by atoms with E-state index < -0.39 is 23.8 Å². The summed E-state index contributed by atoms with van der Waals surface area (Å²) < 4.78 is 5.17. The van der Waals surface area contributed by atoms with Crippen molar-refractivity contribution in [3.63, 3.8) is 0 Å². The molecule has 112 valence electrons. The van der Waals surface area contributed by atoms with Crippen LogP contribution in [0.3, 0.4) is 0 Å². The largest absolute Gasteiger partial charge is 0.489 e. The van der Waals surface area contributed by atoms with Gasteiger partial charge in [0.25, 0.3) is 0 Å². The quantitative estimate of drug-likeness (QED) is 0.543. The zero-order chi connectivity index (χ0) is 16.0. The molecule has 0 saturated heterocycles. The molecule has 2 amide bonds.